The highest BCUT2D eigenvalue weighted by atomic mass is 19.4. The number of nitrogens with zero attached hydrogens (tertiary/aromatic N) is 3. The molecule has 60 heavy (non-hydrogen) atoms. The zero-order chi connectivity index (χ0) is 40.8. The lowest BCUT2D eigenvalue weighted by atomic mass is 9.91. The van der Waals surface area contributed by atoms with Gasteiger partial charge in [-0.15, -0.1) is 0 Å². The Morgan fingerprint density at radius 3 is 1.55 bits per heavy atom. The Labute approximate surface area is 345 Å². The summed E-state index contributed by atoms with van der Waals surface area (Å²) in [6.07, 6.45) is -4.55. The highest BCUT2D eigenvalue weighted by Gasteiger charge is 2.31. The zero-order valence-electron chi connectivity index (χ0n) is 32.5. The minimum absolute atomic E-state index is 0.421. The van der Waals surface area contributed by atoms with Gasteiger partial charge in [0.15, 0.2) is 5.82 Å². The molecule has 0 amide bonds. The molecule has 10 rings (SSSR count). The van der Waals surface area contributed by atoms with Crippen LogP contribution < -0.4 is 0 Å². The quantitative estimate of drug-likeness (QED) is 0.161. The fourth-order valence-electron chi connectivity index (χ4n) is 8.23. The summed E-state index contributed by atoms with van der Waals surface area (Å²) in [5, 5.41) is 2.07. The third-order valence-corrected chi connectivity index (χ3v) is 11.1. The van der Waals surface area contributed by atoms with Crippen LogP contribution in [-0.2, 0) is 6.18 Å². The van der Waals surface area contributed by atoms with Crippen molar-refractivity contribution in [2.45, 2.75) is 13.1 Å². The molecule has 3 nitrogen and oxygen atoms in total. The van der Waals surface area contributed by atoms with Gasteiger partial charge in [-0.05, 0) is 77.7 Å². The van der Waals surface area contributed by atoms with E-state index in [2.05, 4.69) is 65.2 Å². The number of alkyl halides is 3. The first-order chi connectivity index (χ1) is 29.3. The molecule has 0 unspecified atom stereocenters. The number of fused-ring (bicyclic) bond motifs is 3. The minimum Gasteiger partial charge on any atom is -0.308 e. The van der Waals surface area contributed by atoms with E-state index in [-0.39, 0.29) is 0 Å². The topological polar surface area (TPSA) is 30.7 Å². The number of aromatic nitrogens is 3. The van der Waals surface area contributed by atoms with E-state index in [0.29, 0.717) is 22.5 Å². The maximum atomic E-state index is 14.6. The van der Waals surface area contributed by atoms with Crippen LogP contribution in [-0.4, -0.2) is 14.5 Å². The molecule has 2 heterocycles. The SMILES string of the molecule is Cc1cccc(-c2cc(-c3nc(-c4ccccc4)cc(-c4ccccc4)n3)cc(-c3cccc(C(F)(F)F)c3)c2-n2c3ccccc3c3cc(-c4ccccc4)ccc32)c1. The minimum atomic E-state index is -4.55. The van der Waals surface area contributed by atoms with Gasteiger partial charge in [-0.1, -0.05) is 157 Å². The van der Waals surface area contributed by atoms with Gasteiger partial charge in [0.05, 0.1) is 33.7 Å². The van der Waals surface area contributed by atoms with Gasteiger partial charge in [-0.2, -0.15) is 13.2 Å². The number of para-hydroxylation sites is 1. The smallest absolute Gasteiger partial charge is 0.308 e. The first kappa shape index (κ1) is 36.7. The van der Waals surface area contributed by atoms with Crippen molar-refractivity contribution in [2.75, 3.05) is 0 Å². The predicted octanol–water partition coefficient (Wildman–Crippen LogP) is 14.9. The molecule has 0 N–H and O–H groups in total. The van der Waals surface area contributed by atoms with Crippen LogP contribution in [0.4, 0.5) is 13.2 Å². The molecule has 288 valence electrons. The first-order valence-corrected chi connectivity index (χ1v) is 19.8. The van der Waals surface area contributed by atoms with Crippen LogP contribution in [0, 0.1) is 6.92 Å². The molecule has 6 heteroatoms. The number of halogens is 3. The standard InChI is InChI=1S/C54H36F3N3/c1-35-15-13-22-40(29-35)45-32-42(53-58-48(37-18-7-3-8-19-37)34-49(59-53)38-20-9-4-10-21-38)33-46(41-23-14-24-43(30-41)54(55,56)57)52(45)60-50-26-12-11-25-44(50)47-31-39(27-28-51(47)60)36-16-5-2-6-17-36/h2-34H,1H3. The van der Waals surface area contributed by atoms with E-state index < -0.39 is 11.7 Å². The van der Waals surface area contributed by atoms with Gasteiger partial charge in [0.2, 0.25) is 0 Å². The molecule has 0 saturated heterocycles. The van der Waals surface area contributed by atoms with Crippen LogP contribution in [0.1, 0.15) is 11.1 Å². The lowest BCUT2D eigenvalue weighted by Crippen LogP contribution is -2.06. The summed E-state index contributed by atoms with van der Waals surface area (Å²) in [5.74, 6) is 0.457. The summed E-state index contributed by atoms with van der Waals surface area (Å²) in [4.78, 5) is 10.4. The number of rotatable bonds is 7. The maximum Gasteiger partial charge on any atom is 0.416 e. The summed E-state index contributed by atoms with van der Waals surface area (Å²) < 4.78 is 45.9. The number of benzene rings is 8. The third-order valence-electron chi connectivity index (χ3n) is 11.1. The van der Waals surface area contributed by atoms with Crippen LogP contribution in [0.5, 0.6) is 0 Å². The molecule has 0 radical (unpaired) electrons. The summed E-state index contributed by atoms with van der Waals surface area (Å²) >= 11 is 0. The van der Waals surface area contributed by atoms with Gasteiger partial charge >= 0.3 is 6.18 Å². The van der Waals surface area contributed by atoms with E-state index in [4.69, 9.17) is 9.97 Å². The number of hydrogen-bond donors (Lipinski definition) is 0. The lowest BCUT2D eigenvalue weighted by molar-refractivity contribution is -0.137. The summed E-state index contributed by atoms with van der Waals surface area (Å²) in [6, 6.07) is 64.8. The fraction of sp³-hybridized carbons (Fsp3) is 0.0370. The van der Waals surface area contributed by atoms with E-state index in [0.717, 1.165) is 83.9 Å². The molecule has 0 aliphatic heterocycles. The molecule has 2 aromatic heterocycles. The highest BCUT2D eigenvalue weighted by molar-refractivity contribution is 6.12. The Bertz CT molecular complexity index is 3130. The van der Waals surface area contributed by atoms with Crippen molar-refractivity contribution in [1.82, 2.24) is 14.5 Å². The third kappa shape index (κ3) is 6.82. The Balaban J connectivity index is 1.33. The predicted molar refractivity (Wildman–Crippen MR) is 239 cm³/mol. The monoisotopic (exact) mass is 783 g/mol. The van der Waals surface area contributed by atoms with E-state index in [1.807, 2.05) is 122 Å². The van der Waals surface area contributed by atoms with Crippen LogP contribution in [0.25, 0.3) is 94.8 Å². The summed E-state index contributed by atoms with van der Waals surface area (Å²) in [6.45, 7) is 2.05. The molecule has 0 bridgehead atoms. The fourth-order valence-corrected chi connectivity index (χ4v) is 8.23. The number of hydrogen-bond acceptors (Lipinski definition) is 2. The van der Waals surface area contributed by atoms with Crippen LogP contribution in [0.2, 0.25) is 0 Å². The first-order valence-electron chi connectivity index (χ1n) is 19.8. The van der Waals surface area contributed by atoms with E-state index in [9.17, 15) is 13.2 Å². The average Bonchev–Trinajstić information content (AvgIpc) is 3.62. The average molecular weight is 784 g/mol. The molecule has 10 aromatic rings. The Morgan fingerprint density at radius 2 is 0.933 bits per heavy atom. The van der Waals surface area contributed by atoms with Crippen molar-refractivity contribution in [2.24, 2.45) is 0 Å². The molecular formula is C54H36F3N3. The lowest BCUT2D eigenvalue weighted by Gasteiger charge is -2.22. The van der Waals surface area contributed by atoms with Gasteiger partial charge in [0, 0.05) is 38.6 Å². The normalized spacial score (nSPS) is 11.7. The summed E-state index contributed by atoms with van der Waals surface area (Å²) in [7, 11) is 0. The molecule has 0 aliphatic rings. The van der Waals surface area contributed by atoms with E-state index in [1.54, 1.807) is 6.07 Å². The largest absolute Gasteiger partial charge is 0.416 e. The van der Waals surface area contributed by atoms with Gasteiger partial charge in [-0.3, -0.25) is 0 Å². The molecule has 0 saturated carbocycles. The van der Waals surface area contributed by atoms with Gasteiger partial charge in [-0.25, -0.2) is 9.97 Å². The van der Waals surface area contributed by atoms with Crippen molar-refractivity contribution >= 4 is 21.8 Å². The maximum absolute atomic E-state index is 14.6. The van der Waals surface area contributed by atoms with Crippen molar-refractivity contribution in [3.05, 3.63) is 211 Å². The molecule has 0 fully saturated rings. The van der Waals surface area contributed by atoms with Gasteiger partial charge in [0.1, 0.15) is 0 Å². The second-order valence-corrected chi connectivity index (χ2v) is 15.0. The summed E-state index contributed by atoms with van der Waals surface area (Å²) in [5.41, 5.74) is 11.9. The molecule has 0 aliphatic carbocycles. The number of aryl methyl sites for hydroxylation is 1. The Kier molecular flexibility index (Phi) is 9.18. The Hall–Kier alpha value is -7.57. The van der Waals surface area contributed by atoms with Gasteiger partial charge < -0.3 is 4.57 Å². The van der Waals surface area contributed by atoms with Crippen molar-refractivity contribution < 1.29 is 13.2 Å². The van der Waals surface area contributed by atoms with E-state index in [1.165, 1.54) is 12.1 Å². The molecule has 0 atom stereocenters. The van der Waals surface area contributed by atoms with E-state index >= 15 is 0 Å². The van der Waals surface area contributed by atoms with Crippen molar-refractivity contribution in [3.63, 3.8) is 0 Å². The van der Waals surface area contributed by atoms with Crippen molar-refractivity contribution in [3.8, 4) is 73.0 Å². The zero-order valence-corrected chi connectivity index (χ0v) is 32.5. The van der Waals surface area contributed by atoms with Crippen LogP contribution in [0.15, 0.2) is 200 Å². The highest BCUT2D eigenvalue weighted by Crippen LogP contribution is 2.45. The Morgan fingerprint density at radius 1 is 0.400 bits per heavy atom. The second kappa shape index (κ2) is 15.0. The molecular weight excluding hydrogens is 748 g/mol. The van der Waals surface area contributed by atoms with Crippen molar-refractivity contribution in [1.29, 1.82) is 0 Å². The van der Waals surface area contributed by atoms with Crippen LogP contribution >= 0.6 is 0 Å². The second-order valence-electron chi connectivity index (χ2n) is 15.0. The molecule has 8 aromatic carbocycles. The van der Waals surface area contributed by atoms with Gasteiger partial charge in [0.25, 0.3) is 0 Å². The molecule has 0 spiro atoms. The van der Waals surface area contributed by atoms with Crippen LogP contribution in [0.3, 0.4) is 0 Å².